The number of hydrogen-bond donors (Lipinski definition) is 3. The molecule has 0 bridgehead atoms. The largest absolute Gasteiger partial charge is 0.351 e. The quantitative estimate of drug-likeness (QED) is 0.471. The zero-order valence-corrected chi connectivity index (χ0v) is 15.6. The Balaban J connectivity index is 1.49. The summed E-state index contributed by atoms with van der Waals surface area (Å²) in [6, 6.07) is 13.2. The molecule has 2 aromatic carbocycles. The van der Waals surface area contributed by atoms with Gasteiger partial charge in [-0.3, -0.25) is 14.9 Å². The van der Waals surface area contributed by atoms with Crippen LogP contribution in [-0.2, 0) is 4.79 Å². The molecule has 2 heterocycles. The van der Waals surface area contributed by atoms with Gasteiger partial charge in [0.2, 0.25) is 5.91 Å². The lowest BCUT2D eigenvalue weighted by molar-refractivity contribution is -0.114. The first-order valence-corrected chi connectivity index (χ1v) is 9.29. The number of carbonyl (C=O) groups is 2. The van der Waals surface area contributed by atoms with Crippen molar-refractivity contribution in [2.24, 2.45) is 0 Å². The van der Waals surface area contributed by atoms with Crippen LogP contribution < -0.4 is 10.6 Å². The minimum atomic E-state index is -0.354. The molecule has 2 amide bonds. The van der Waals surface area contributed by atoms with Crippen LogP contribution in [0.1, 0.15) is 17.4 Å². The van der Waals surface area contributed by atoms with E-state index in [0.717, 1.165) is 5.56 Å². The molecule has 4 aromatic rings. The fourth-order valence-electron chi connectivity index (χ4n) is 2.78. The number of aromatic amines is 1. The number of nitrogens with one attached hydrogen (secondary N) is 3. The number of nitrogens with zero attached hydrogens (tertiary/aromatic N) is 1. The van der Waals surface area contributed by atoms with Crippen LogP contribution in [0.3, 0.4) is 0 Å². The van der Waals surface area contributed by atoms with Gasteiger partial charge in [0.25, 0.3) is 5.91 Å². The molecule has 0 aliphatic heterocycles. The van der Waals surface area contributed by atoms with E-state index < -0.39 is 0 Å². The van der Waals surface area contributed by atoms with E-state index in [0.29, 0.717) is 33.1 Å². The van der Waals surface area contributed by atoms with E-state index >= 15 is 0 Å². The number of carbonyl (C=O) groups excluding carboxylic acids is 2. The summed E-state index contributed by atoms with van der Waals surface area (Å²) >= 11 is 1.30. The summed E-state index contributed by atoms with van der Waals surface area (Å²) in [6.07, 6.45) is 0. The van der Waals surface area contributed by atoms with E-state index in [9.17, 15) is 14.0 Å². The van der Waals surface area contributed by atoms with E-state index in [1.54, 1.807) is 24.3 Å². The molecule has 8 heteroatoms. The van der Waals surface area contributed by atoms with Gasteiger partial charge in [0.1, 0.15) is 11.5 Å². The van der Waals surface area contributed by atoms with Crippen LogP contribution in [0.2, 0.25) is 0 Å². The topological polar surface area (TPSA) is 86.9 Å². The third-order valence-electron chi connectivity index (χ3n) is 4.05. The van der Waals surface area contributed by atoms with E-state index in [4.69, 9.17) is 0 Å². The molecule has 0 spiro atoms. The second-order valence-electron chi connectivity index (χ2n) is 6.17. The number of hydrogen-bond acceptors (Lipinski definition) is 4. The van der Waals surface area contributed by atoms with E-state index in [1.807, 2.05) is 17.5 Å². The predicted molar refractivity (Wildman–Crippen MR) is 108 cm³/mol. The summed E-state index contributed by atoms with van der Waals surface area (Å²) in [5.74, 6) is -0.836. The first-order chi connectivity index (χ1) is 13.5. The molecule has 0 saturated carbocycles. The lowest BCUT2D eigenvalue weighted by atomic mass is 10.1. The maximum Gasteiger partial charge on any atom is 0.273 e. The van der Waals surface area contributed by atoms with Gasteiger partial charge in [0.05, 0.1) is 5.69 Å². The lowest BCUT2D eigenvalue weighted by Gasteiger charge is -2.02. The molecule has 6 nitrogen and oxygen atoms in total. The molecule has 2 aromatic heterocycles. The van der Waals surface area contributed by atoms with Crippen LogP contribution in [0.5, 0.6) is 0 Å². The van der Waals surface area contributed by atoms with E-state index in [1.165, 1.54) is 30.4 Å². The highest BCUT2D eigenvalue weighted by Gasteiger charge is 2.13. The summed E-state index contributed by atoms with van der Waals surface area (Å²) in [4.78, 5) is 30.9. The number of amides is 2. The Labute approximate surface area is 163 Å². The summed E-state index contributed by atoms with van der Waals surface area (Å²) < 4.78 is 13.3. The maximum absolute atomic E-state index is 13.3. The highest BCUT2D eigenvalue weighted by atomic mass is 32.1. The summed E-state index contributed by atoms with van der Waals surface area (Å²) in [7, 11) is 0. The first-order valence-electron chi connectivity index (χ1n) is 8.41. The second kappa shape index (κ2) is 7.24. The average molecular weight is 394 g/mol. The van der Waals surface area contributed by atoms with Gasteiger partial charge >= 0.3 is 0 Å². The van der Waals surface area contributed by atoms with Crippen LogP contribution in [0.4, 0.5) is 15.2 Å². The fraction of sp³-hybridized carbons (Fsp3) is 0.0500. The van der Waals surface area contributed by atoms with Crippen LogP contribution in [0, 0.1) is 5.82 Å². The molecule has 0 atom stereocenters. The van der Waals surface area contributed by atoms with Gasteiger partial charge in [0, 0.05) is 34.5 Å². The van der Waals surface area contributed by atoms with Crippen molar-refractivity contribution in [3.63, 3.8) is 0 Å². The molecule has 0 aliphatic rings. The maximum atomic E-state index is 13.3. The van der Waals surface area contributed by atoms with E-state index in [-0.39, 0.29) is 17.6 Å². The molecule has 4 rings (SSSR count). The Kier molecular flexibility index (Phi) is 4.62. The lowest BCUT2D eigenvalue weighted by Crippen LogP contribution is -2.11. The Hall–Kier alpha value is -3.52. The predicted octanol–water partition coefficient (Wildman–Crippen LogP) is 4.64. The SMILES string of the molecule is CC(=O)Nc1ccc(-c2csc(NC(=O)c3cc4cc(F)ccc4[nH]3)n2)cc1. The average Bonchev–Trinajstić information content (AvgIpc) is 3.28. The van der Waals surface area contributed by atoms with Gasteiger partial charge in [-0.1, -0.05) is 12.1 Å². The number of anilines is 2. The van der Waals surface area contributed by atoms with Crippen molar-refractivity contribution in [3.8, 4) is 11.3 Å². The number of benzene rings is 2. The zero-order chi connectivity index (χ0) is 19.7. The third kappa shape index (κ3) is 3.77. The van der Waals surface area contributed by atoms with Gasteiger partial charge in [-0.25, -0.2) is 9.37 Å². The van der Waals surface area contributed by atoms with E-state index in [2.05, 4.69) is 20.6 Å². The second-order valence-corrected chi connectivity index (χ2v) is 7.02. The van der Waals surface area contributed by atoms with Crippen molar-refractivity contribution in [3.05, 3.63) is 65.4 Å². The number of H-pyrrole nitrogens is 1. The van der Waals surface area contributed by atoms with Gasteiger partial charge in [-0.2, -0.15) is 0 Å². The number of fused-ring (bicyclic) bond motifs is 1. The Bertz CT molecular complexity index is 1180. The Morgan fingerprint density at radius 2 is 1.86 bits per heavy atom. The number of aromatic nitrogens is 2. The van der Waals surface area contributed by atoms with Crippen LogP contribution in [0.15, 0.2) is 53.9 Å². The van der Waals surface area contributed by atoms with Crippen molar-refractivity contribution in [1.29, 1.82) is 0 Å². The van der Waals surface area contributed by atoms with Gasteiger partial charge in [-0.15, -0.1) is 11.3 Å². The Morgan fingerprint density at radius 3 is 2.61 bits per heavy atom. The van der Waals surface area contributed by atoms with Crippen LogP contribution >= 0.6 is 11.3 Å². The standard InChI is InChI=1S/C20H15FN4O2S/c1-11(26)22-15-5-2-12(3-6-15)18-10-28-20(24-18)25-19(27)17-9-13-8-14(21)4-7-16(13)23-17/h2-10,23H,1H3,(H,22,26)(H,24,25,27). The Morgan fingerprint density at radius 1 is 1.07 bits per heavy atom. The van der Waals surface area contributed by atoms with Crippen molar-refractivity contribution >= 4 is 44.9 Å². The number of rotatable bonds is 4. The van der Waals surface area contributed by atoms with Gasteiger partial charge in [0.15, 0.2) is 5.13 Å². The summed E-state index contributed by atoms with van der Waals surface area (Å²) in [5.41, 5.74) is 3.30. The van der Waals surface area contributed by atoms with Crippen molar-refractivity contribution < 1.29 is 14.0 Å². The summed E-state index contributed by atoms with van der Waals surface area (Å²) in [6.45, 7) is 1.45. The highest BCUT2D eigenvalue weighted by molar-refractivity contribution is 7.14. The zero-order valence-electron chi connectivity index (χ0n) is 14.7. The summed E-state index contributed by atoms with van der Waals surface area (Å²) in [5, 5.41) is 8.37. The van der Waals surface area contributed by atoms with Gasteiger partial charge < -0.3 is 10.3 Å². The number of thiazole rings is 1. The number of halogens is 1. The molecular weight excluding hydrogens is 379 g/mol. The molecule has 140 valence electrons. The molecule has 0 unspecified atom stereocenters. The molecule has 0 aliphatic carbocycles. The minimum Gasteiger partial charge on any atom is -0.351 e. The fourth-order valence-corrected chi connectivity index (χ4v) is 3.50. The molecule has 0 saturated heterocycles. The molecule has 28 heavy (non-hydrogen) atoms. The smallest absolute Gasteiger partial charge is 0.273 e. The van der Waals surface area contributed by atoms with Crippen molar-refractivity contribution in [2.75, 3.05) is 10.6 Å². The van der Waals surface area contributed by atoms with Gasteiger partial charge in [-0.05, 0) is 36.4 Å². The molecule has 3 N–H and O–H groups in total. The van der Waals surface area contributed by atoms with Crippen molar-refractivity contribution in [2.45, 2.75) is 6.92 Å². The monoisotopic (exact) mass is 394 g/mol. The molecular formula is C20H15FN4O2S. The normalized spacial score (nSPS) is 10.8. The molecule has 0 radical (unpaired) electrons. The molecule has 0 fully saturated rings. The third-order valence-corrected chi connectivity index (χ3v) is 4.81. The minimum absolute atomic E-state index is 0.133. The highest BCUT2D eigenvalue weighted by Crippen LogP contribution is 2.26. The van der Waals surface area contributed by atoms with Crippen LogP contribution in [-0.4, -0.2) is 21.8 Å². The van der Waals surface area contributed by atoms with Crippen molar-refractivity contribution in [1.82, 2.24) is 9.97 Å². The first kappa shape index (κ1) is 17.9. The van der Waals surface area contributed by atoms with Crippen LogP contribution in [0.25, 0.3) is 22.2 Å².